The first-order valence-electron chi connectivity index (χ1n) is 7.63. The van der Waals surface area contributed by atoms with Crippen molar-refractivity contribution in [2.45, 2.75) is 46.3 Å². The second-order valence-electron chi connectivity index (χ2n) is 5.96. The molecule has 1 rings (SSSR count). The Balaban J connectivity index is 2.76. The van der Waals surface area contributed by atoms with Crippen LogP contribution < -0.4 is 14.8 Å². The van der Waals surface area contributed by atoms with Crippen LogP contribution in [0.15, 0.2) is 18.2 Å². The predicted octanol–water partition coefficient (Wildman–Crippen LogP) is 2.98. The first-order valence-corrected chi connectivity index (χ1v) is 7.63. The normalized spacial score (nSPS) is 14.0. The monoisotopic (exact) mass is 295 g/mol. The number of aliphatic hydroxyl groups is 1. The van der Waals surface area contributed by atoms with Crippen LogP contribution in [0.4, 0.5) is 0 Å². The van der Waals surface area contributed by atoms with E-state index in [1.54, 1.807) is 14.0 Å². The van der Waals surface area contributed by atoms with Gasteiger partial charge in [-0.25, -0.2) is 0 Å². The minimum atomic E-state index is -0.860. The molecule has 0 aromatic heterocycles. The minimum absolute atomic E-state index is 0.123. The van der Waals surface area contributed by atoms with Gasteiger partial charge >= 0.3 is 0 Å². The van der Waals surface area contributed by atoms with Crippen molar-refractivity contribution < 1.29 is 14.6 Å². The number of benzene rings is 1. The molecule has 0 spiro atoms. The molecule has 1 aromatic carbocycles. The highest BCUT2D eigenvalue weighted by molar-refractivity contribution is 5.43. The Morgan fingerprint density at radius 2 is 2.00 bits per heavy atom. The maximum Gasteiger partial charge on any atom is 0.161 e. The summed E-state index contributed by atoms with van der Waals surface area (Å²) in [6.45, 7) is 9.92. The fourth-order valence-corrected chi connectivity index (χ4v) is 1.74. The van der Waals surface area contributed by atoms with Gasteiger partial charge in [0.1, 0.15) is 6.61 Å². The quantitative estimate of drug-likeness (QED) is 0.688. The molecule has 0 amide bonds. The van der Waals surface area contributed by atoms with E-state index < -0.39 is 5.60 Å². The number of nitrogens with one attached hydrogen (secondary N) is 1. The van der Waals surface area contributed by atoms with Gasteiger partial charge in [-0.1, -0.05) is 26.8 Å². The predicted molar refractivity (Wildman–Crippen MR) is 85.9 cm³/mol. The first-order chi connectivity index (χ1) is 9.90. The maximum absolute atomic E-state index is 10.3. The summed E-state index contributed by atoms with van der Waals surface area (Å²) in [5.74, 6) is 1.49. The van der Waals surface area contributed by atoms with Gasteiger partial charge in [0, 0.05) is 6.54 Å². The van der Waals surface area contributed by atoms with E-state index in [2.05, 4.69) is 12.2 Å². The van der Waals surface area contributed by atoms with Gasteiger partial charge < -0.3 is 19.9 Å². The highest BCUT2D eigenvalue weighted by Gasteiger charge is 2.26. The van der Waals surface area contributed by atoms with E-state index in [-0.39, 0.29) is 12.5 Å². The molecule has 1 atom stereocenters. The zero-order valence-corrected chi connectivity index (χ0v) is 13.9. The number of hydrogen-bond acceptors (Lipinski definition) is 4. The van der Waals surface area contributed by atoms with Crippen LogP contribution in [-0.4, -0.2) is 31.0 Å². The lowest BCUT2D eigenvalue weighted by Gasteiger charge is -2.28. The molecule has 0 aliphatic carbocycles. The first kappa shape index (κ1) is 17.8. The third-order valence-corrected chi connectivity index (χ3v) is 3.75. The molecule has 0 heterocycles. The molecule has 2 N–H and O–H groups in total. The van der Waals surface area contributed by atoms with E-state index >= 15 is 0 Å². The van der Waals surface area contributed by atoms with Crippen LogP contribution in [-0.2, 0) is 6.54 Å². The molecule has 21 heavy (non-hydrogen) atoms. The number of rotatable bonds is 9. The van der Waals surface area contributed by atoms with E-state index in [1.165, 1.54) is 0 Å². The Morgan fingerprint density at radius 3 is 2.57 bits per heavy atom. The van der Waals surface area contributed by atoms with E-state index in [0.717, 1.165) is 25.1 Å². The van der Waals surface area contributed by atoms with Crippen LogP contribution in [0.25, 0.3) is 0 Å². The SMILES string of the molecule is CCCNCc1ccc(OC)c(OCC(C)(O)C(C)C)c1. The zero-order chi connectivity index (χ0) is 15.9. The van der Waals surface area contributed by atoms with Crippen molar-refractivity contribution in [1.29, 1.82) is 0 Å². The maximum atomic E-state index is 10.3. The molecule has 4 nitrogen and oxygen atoms in total. The molecule has 0 aliphatic heterocycles. The van der Waals surface area contributed by atoms with E-state index in [0.29, 0.717) is 11.5 Å². The Morgan fingerprint density at radius 1 is 1.29 bits per heavy atom. The van der Waals surface area contributed by atoms with E-state index in [1.807, 2.05) is 32.0 Å². The molecule has 0 saturated heterocycles. The van der Waals surface area contributed by atoms with Crippen LogP contribution in [0, 0.1) is 5.92 Å². The van der Waals surface area contributed by atoms with Gasteiger partial charge in [0.05, 0.1) is 12.7 Å². The summed E-state index contributed by atoms with van der Waals surface area (Å²) in [5.41, 5.74) is 0.282. The lowest BCUT2D eigenvalue weighted by atomic mass is 9.94. The third-order valence-electron chi connectivity index (χ3n) is 3.75. The van der Waals surface area contributed by atoms with Crippen molar-refractivity contribution in [3.8, 4) is 11.5 Å². The van der Waals surface area contributed by atoms with Gasteiger partial charge in [0.25, 0.3) is 0 Å². The van der Waals surface area contributed by atoms with Crippen molar-refractivity contribution in [2.75, 3.05) is 20.3 Å². The molecule has 0 aliphatic rings. The van der Waals surface area contributed by atoms with Gasteiger partial charge in [-0.3, -0.25) is 0 Å². The molecule has 1 aromatic rings. The number of methoxy groups -OCH3 is 1. The van der Waals surface area contributed by atoms with Gasteiger partial charge in [-0.05, 0) is 43.5 Å². The lowest BCUT2D eigenvalue weighted by Crippen LogP contribution is -2.37. The summed E-state index contributed by atoms with van der Waals surface area (Å²) in [5, 5.41) is 13.6. The summed E-state index contributed by atoms with van der Waals surface area (Å²) in [6.07, 6.45) is 1.11. The minimum Gasteiger partial charge on any atom is -0.493 e. The van der Waals surface area contributed by atoms with Crippen LogP contribution >= 0.6 is 0 Å². The largest absolute Gasteiger partial charge is 0.493 e. The summed E-state index contributed by atoms with van der Waals surface area (Å²) in [6, 6.07) is 5.90. The van der Waals surface area contributed by atoms with E-state index in [9.17, 15) is 5.11 Å². The average Bonchev–Trinajstić information content (AvgIpc) is 2.45. The number of hydrogen-bond donors (Lipinski definition) is 2. The highest BCUT2D eigenvalue weighted by atomic mass is 16.5. The standard InChI is InChI=1S/C17H29NO3/c1-6-9-18-11-14-7-8-15(20-5)16(10-14)21-12-17(4,19)13(2)3/h7-8,10,13,18-19H,6,9,11-12H2,1-5H3. The summed E-state index contributed by atoms with van der Waals surface area (Å²) in [7, 11) is 1.62. The summed E-state index contributed by atoms with van der Waals surface area (Å²) in [4.78, 5) is 0. The Kier molecular flexibility index (Phi) is 6.99. The van der Waals surface area contributed by atoms with Gasteiger partial charge in [0.2, 0.25) is 0 Å². The summed E-state index contributed by atoms with van der Waals surface area (Å²) < 4.78 is 11.1. The van der Waals surface area contributed by atoms with Crippen LogP contribution in [0.2, 0.25) is 0 Å². The molecule has 0 saturated carbocycles. The fourth-order valence-electron chi connectivity index (χ4n) is 1.74. The van der Waals surface area contributed by atoms with Gasteiger partial charge in [0.15, 0.2) is 11.5 Å². The zero-order valence-electron chi connectivity index (χ0n) is 13.9. The molecular weight excluding hydrogens is 266 g/mol. The molecule has 0 fully saturated rings. The van der Waals surface area contributed by atoms with Crippen molar-refractivity contribution in [2.24, 2.45) is 5.92 Å². The average molecular weight is 295 g/mol. The van der Waals surface area contributed by atoms with Crippen LogP contribution in [0.5, 0.6) is 11.5 Å². The summed E-state index contributed by atoms with van der Waals surface area (Å²) >= 11 is 0. The van der Waals surface area contributed by atoms with Crippen LogP contribution in [0.3, 0.4) is 0 Å². The van der Waals surface area contributed by atoms with Crippen LogP contribution in [0.1, 0.15) is 39.7 Å². The molecular formula is C17H29NO3. The van der Waals surface area contributed by atoms with E-state index in [4.69, 9.17) is 9.47 Å². The second kappa shape index (κ2) is 8.25. The molecule has 0 bridgehead atoms. The smallest absolute Gasteiger partial charge is 0.161 e. The van der Waals surface area contributed by atoms with Crippen molar-refractivity contribution >= 4 is 0 Å². The molecule has 0 radical (unpaired) electrons. The Labute approximate surface area is 128 Å². The lowest BCUT2D eigenvalue weighted by molar-refractivity contribution is -0.0271. The second-order valence-corrected chi connectivity index (χ2v) is 5.96. The molecule has 4 heteroatoms. The highest BCUT2D eigenvalue weighted by Crippen LogP contribution is 2.29. The Bertz CT molecular complexity index is 430. The van der Waals surface area contributed by atoms with Gasteiger partial charge in [-0.2, -0.15) is 0 Å². The third kappa shape index (κ3) is 5.56. The topological polar surface area (TPSA) is 50.7 Å². The Hall–Kier alpha value is -1.26. The van der Waals surface area contributed by atoms with Crippen molar-refractivity contribution in [3.63, 3.8) is 0 Å². The molecule has 1 unspecified atom stereocenters. The molecule has 120 valence electrons. The fraction of sp³-hybridized carbons (Fsp3) is 0.647. The van der Waals surface area contributed by atoms with Gasteiger partial charge in [-0.15, -0.1) is 0 Å². The number of ether oxygens (including phenoxy) is 2. The van der Waals surface area contributed by atoms with Crippen molar-refractivity contribution in [3.05, 3.63) is 23.8 Å². The van der Waals surface area contributed by atoms with Crippen molar-refractivity contribution in [1.82, 2.24) is 5.32 Å².